The van der Waals surface area contributed by atoms with Gasteiger partial charge in [0.1, 0.15) is 12.1 Å². The molecule has 1 aromatic rings. The van der Waals surface area contributed by atoms with Crippen LogP contribution in [-0.4, -0.2) is 46.8 Å². The van der Waals surface area contributed by atoms with Gasteiger partial charge < -0.3 is 9.80 Å². The molecule has 0 radical (unpaired) electrons. The number of amides is 2. The molecular formula is C16H17BrN2O2. The summed E-state index contributed by atoms with van der Waals surface area (Å²) >= 11 is 3.89. The molecule has 21 heavy (non-hydrogen) atoms. The van der Waals surface area contributed by atoms with Gasteiger partial charge in [-0.15, -0.1) is 0 Å². The smallest absolute Gasteiger partial charge is 0.246 e. The number of hydrogen-bond donors (Lipinski definition) is 0. The molecule has 3 aliphatic rings. The van der Waals surface area contributed by atoms with Gasteiger partial charge in [-0.25, -0.2) is 0 Å². The molecule has 2 aliphatic heterocycles. The van der Waals surface area contributed by atoms with Crippen LogP contribution in [0.15, 0.2) is 24.3 Å². The van der Waals surface area contributed by atoms with Crippen LogP contribution in [-0.2, 0) is 20.3 Å². The minimum absolute atomic E-state index is 0.0486. The third-order valence-corrected chi connectivity index (χ3v) is 6.67. The van der Waals surface area contributed by atoms with Crippen LogP contribution in [0.25, 0.3) is 0 Å². The van der Waals surface area contributed by atoms with Crippen LogP contribution in [0, 0.1) is 0 Å². The first-order valence-electron chi connectivity index (χ1n) is 7.31. The summed E-state index contributed by atoms with van der Waals surface area (Å²) in [5.41, 5.74) is 2.52. The van der Waals surface area contributed by atoms with E-state index in [-0.39, 0.29) is 34.3 Å². The first kappa shape index (κ1) is 13.3. The molecule has 0 N–H and O–H groups in total. The van der Waals surface area contributed by atoms with E-state index in [1.165, 1.54) is 11.1 Å². The molecule has 1 aliphatic carbocycles. The van der Waals surface area contributed by atoms with Crippen LogP contribution in [0.5, 0.6) is 0 Å². The summed E-state index contributed by atoms with van der Waals surface area (Å²) in [6, 6.07) is 7.66. The van der Waals surface area contributed by atoms with Gasteiger partial charge in [-0.3, -0.25) is 9.59 Å². The van der Waals surface area contributed by atoms with Gasteiger partial charge in [-0.2, -0.15) is 0 Å². The Balaban J connectivity index is 1.82. The maximum absolute atomic E-state index is 12.7. The molecule has 0 unspecified atom stereocenters. The van der Waals surface area contributed by atoms with Gasteiger partial charge in [0.15, 0.2) is 0 Å². The summed E-state index contributed by atoms with van der Waals surface area (Å²) in [5.74, 6) is 0.133. The minimum atomic E-state index is -0.368. The monoisotopic (exact) mass is 348 g/mol. The van der Waals surface area contributed by atoms with Crippen LogP contribution in [0.4, 0.5) is 0 Å². The van der Waals surface area contributed by atoms with Gasteiger partial charge in [0.05, 0.1) is 10.4 Å². The predicted molar refractivity (Wildman–Crippen MR) is 82.0 cm³/mol. The van der Waals surface area contributed by atoms with Gasteiger partial charge in [0.2, 0.25) is 11.8 Å². The second-order valence-corrected chi connectivity index (χ2v) is 7.75. The summed E-state index contributed by atoms with van der Waals surface area (Å²) in [7, 11) is 1.73. The molecule has 0 aromatic heterocycles. The van der Waals surface area contributed by atoms with E-state index in [1.807, 2.05) is 24.0 Å². The van der Waals surface area contributed by atoms with Crippen LogP contribution in [0.1, 0.15) is 24.5 Å². The van der Waals surface area contributed by atoms with Crippen LogP contribution >= 0.6 is 15.9 Å². The normalized spacial score (nSPS) is 37.6. The van der Waals surface area contributed by atoms with Gasteiger partial charge in [0.25, 0.3) is 0 Å². The Morgan fingerprint density at radius 3 is 2.71 bits per heavy atom. The molecule has 2 saturated heterocycles. The summed E-state index contributed by atoms with van der Waals surface area (Å²) in [6.07, 6.45) is 1.49. The Labute approximate surface area is 132 Å². The van der Waals surface area contributed by atoms with E-state index >= 15 is 0 Å². The van der Waals surface area contributed by atoms with Crippen molar-refractivity contribution < 1.29 is 9.59 Å². The average Bonchev–Trinajstić information content (AvgIpc) is 2.92. The molecule has 0 spiro atoms. The molecule has 4 nitrogen and oxygen atoms in total. The molecule has 0 bridgehead atoms. The van der Waals surface area contributed by atoms with E-state index in [4.69, 9.17) is 0 Å². The number of halogens is 1. The zero-order chi connectivity index (χ0) is 14.9. The van der Waals surface area contributed by atoms with Crippen molar-refractivity contribution in [3.05, 3.63) is 35.4 Å². The van der Waals surface area contributed by atoms with Crippen molar-refractivity contribution in [1.82, 2.24) is 9.80 Å². The number of rotatable bonds is 0. The van der Waals surface area contributed by atoms with Gasteiger partial charge in [0, 0.05) is 7.05 Å². The SMILES string of the molecule is C[C@H]1C(=O)N2[C@H]3Cc4ccccc4[C@@]3(Br)C[C@H]2C(=O)N1C. The highest BCUT2D eigenvalue weighted by Gasteiger charge is 2.61. The van der Waals surface area contributed by atoms with Crippen molar-refractivity contribution in [2.75, 3.05) is 7.05 Å². The Bertz CT molecular complexity index is 661. The van der Waals surface area contributed by atoms with Gasteiger partial charge >= 0.3 is 0 Å². The Morgan fingerprint density at radius 2 is 1.95 bits per heavy atom. The molecule has 110 valence electrons. The lowest BCUT2D eigenvalue weighted by Crippen LogP contribution is -2.62. The lowest BCUT2D eigenvalue weighted by Gasteiger charge is -2.41. The topological polar surface area (TPSA) is 40.6 Å². The van der Waals surface area contributed by atoms with E-state index < -0.39 is 0 Å². The predicted octanol–water partition coefficient (Wildman–Crippen LogP) is 1.66. The fourth-order valence-corrected chi connectivity index (χ4v) is 5.21. The minimum Gasteiger partial charge on any atom is -0.332 e. The molecule has 4 rings (SSSR count). The quantitative estimate of drug-likeness (QED) is 0.669. The second kappa shape index (κ2) is 4.09. The Kier molecular flexibility index (Phi) is 2.60. The summed E-state index contributed by atoms with van der Waals surface area (Å²) in [4.78, 5) is 28.7. The van der Waals surface area contributed by atoms with E-state index in [9.17, 15) is 9.59 Å². The summed E-state index contributed by atoms with van der Waals surface area (Å²) in [5, 5.41) is 0. The highest BCUT2D eigenvalue weighted by Crippen LogP contribution is 2.55. The molecule has 4 atom stereocenters. The first-order chi connectivity index (χ1) is 9.95. The average molecular weight is 349 g/mol. The number of piperazine rings is 1. The maximum Gasteiger partial charge on any atom is 0.246 e. The number of fused-ring (bicyclic) bond motifs is 5. The summed E-state index contributed by atoms with van der Waals surface area (Å²) in [6.45, 7) is 1.81. The number of nitrogens with zero attached hydrogens (tertiary/aromatic N) is 2. The molecular weight excluding hydrogens is 332 g/mol. The van der Waals surface area contributed by atoms with Gasteiger partial charge in [-0.1, -0.05) is 40.2 Å². The fraction of sp³-hybridized carbons (Fsp3) is 0.500. The Hall–Kier alpha value is -1.36. The molecule has 2 amide bonds. The zero-order valence-corrected chi connectivity index (χ0v) is 13.6. The van der Waals surface area contributed by atoms with Crippen LogP contribution < -0.4 is 0 Å². The maximum atomic E-state index is 12.7. The molecule has 0 saturated carbocycles. The van der Waals surface area contributed by atoms with Crippen molar-refractivity contribution >= 4 is 27.7 Å². The Morgan fingerprint density at radius 1 is 1.24 bits per heavy atom. The van der Waals surface area contributed by atoms with Crippen LogP contribution in [0.2, 0.25) is 0 Å². The number of alkyl halides is 1. The lowest BCUT2D eigenvalue weighted by molar-refractivity contribution is -0.158. The van der Waals surface area contributed by atoms with Crippen molar-refractivity contribution in [2.45, 2.75) is 42.2 Å². The van der Waals surface area contributed by atoms with Crippen molar-refractivity contribution in [2.24, 2.45) is 0 Å². The van der Waals surface area contributed by atoms with Crippen molar-refractivity contribution in [1.29, 1.82) is 0 Å². The number of carbonyl (C=O) groups is 2. The lowest BCUT2D eigenvalue weighted by atomic mass is 9.95. The number of likely N-dealkylation sites (N-methyl/N-ethyl adjacent to an activating group) is 1. The zero-order valence-electron chi connectivity index (χ0n) is 12.0. The van der Waals surface area contributed by atoms with Gasteiger partial charge in [-0.05, 0) is 30.9 Å². The molecule has 2 fully saturated rings. The van der Waals surface area contributed by atoms with E-state index in [0.29, 0.717) is 6.42 Å². The molecule has 2 heterocycles. The van der Waals surface area contributed by atoms with E-state index in [1.54, 1.807) is 11.9 Å². The summed E-state index contributed by atoms with van der Waals surface area (Å²) < 4.78 is -0.273. The van der Waals surface area contributed by atoms with E-state index in [0.717, 1.165) is 6.42 Å². The number of hydrogen-bond acceptors (Lipinski definition) is 2. The number of benzene rings is 1. The fourth-order valence-electron chi connectivity index (χ4n) is 4.14. The van der Waals surface area contributed by atoms with Crippen molar-refractivity contribution in [3.8, 4) is 0 Å². The first-order valence-corrected chi connectivity index (χ1v) is 8.10. The van der Waals surface area contributed by atoms with Crippen molar-refractivity contribution in [3.63, 3.8) is 0 Å². The second-order valence-electron chi connectivity index (χ2n) is 6.33. The molecule has 1 aromatic carbocycles. The van der Waals surface area contributed by atoms with E-state index in [2.05, 4.69) is 28.1 Å². The standard InChI is InChI=1S/C16H17BrN2O2/c1-9-14(20)19-12(15(21)18(9)2)8-16(17)11-6-4-3-5-10(11)7-13(16)19/h3-6,9,12-13H,7-8H2,1-2H3/t9-,12-,13-,16-/m0/s1. The highest BCUT2D eigenvalue weighted by molar-refractivity contribution is 9.09. The largest absolute Gasteiger partial charge is 0.332 e. The highest BCUT2D eigenvalue weighted by atomic mass is 79.9. The molecule has 5 heteroatoms. The number of carbonyl (C=O) groups excluding carboxylic acids is 2. The van der Waals surface area contributed by atoms with Crippen LogP contribution in [0.3, 0.4) is 0 Å². The third-order valence-electron chi connectivity index (χ3n) is 5.39. The third kappa shape index (κ3) is 1.50.